The van der Waals surface area contributed by atoms with Gasteiger partial charge in [0.15, 0.2) is 0 Å². The van der Waals surface area contributed by atoms with E-state index < -0.39 is 0 Å². The van der Waals surface area contributed by atoms with E-state index in [1.807, 2.05) is 18.7 Å². The fourth-order valence-electron chi connectivity index (χ4n) is 4.41. The largest absolute Gasteiger partial charge is 0.394 e. The van der Waals surface area contributed by atoms with E-state index in [2.05, 4.69) is 65.1 Å². The van der Waals surface area contributed by atoms with Crippen molar-refractivity contribution >= 4 is 17.3 Å². The summed E-state index contributed by atoms with van der Waals surface area (Å²) >= 11 is 0. The van der Waals surface area contributed by atoms with E-state index >= 15 is 0 Å². The summed E-state index contributed by atoms with van der Waals surface area (Å²) in [5, 5.41) is 0. The number of nitrogens with two attached hydrogens (primary N) is 1. The maximum Gasteiger partial charge on any atom is 0.269 e. The molecule has 1 aromatic rings. The Kier molecular flexibility index (Phi) is 10.1. The van der Waals surface area contributed by atoms with Gasteiger partial charge in [-0.15, -0.1) is 0 Å². The Morgan fingerprint density at radius 3 is 2.59 bits per heavy atom. The molecule has 34 heavy (non-hydrogen) atoms. The zero-order chi connectivity index (χ0) is 25.4. The highest BCUT2D eigenvalue weighted by molar-refractivity contribution is 6.06. The van der Waals surface area contributed by atoms with Gasteiger partial charge in [-0.1, -0.05) is 70.2 Å². The van der Waals surface area contributed by atoms with Crippen LogP contribution in [-0.4, -0.2) is 29.6 Å². The fraction of sp³-hybridized carbons (Fsp3) is 0.467. The molecule has 186 valence electrons. The van der Waals surface area contributed by atoms with Gasteiger partial charge in [-0.2, -0.15) is 0 Å². The summed E-state index contributed by atoms with van der Waals surface area (Å²) in [5.74, 6) is 0.643. The number of hydrogen-bond donors (Lipinski definition) is 1. The van der Waals surface area contributed by atoms with Crippen molar-refractivity contribution in [3.05, 3.63) is 77.0 Å². The van der Waals surface area contributed by atoms with Gasteiger partial charge in [0.25, 0.3) is 5.91 Å². The van der Waals surface area contributed by atoms with Crippen molar-refractivity contribution < 1.29 is 6.22 Å². The molecule has 1 fully saturated rings. The summed E-state index contributed by atoms with van der Waals surface area (Å²) < 4.78 is 0. The van der Waals surface area contributed by atoms with E-state index in [4.69, 9.17) is 10.7 Å². The molecule has 2 aliphatic heterocycles. The van der Waals surface area contributed by atoms with Gasteiger partial charge in [-0.25, -0.2) is 0 Å². The maximum atomic E-state index is 13.2. The summed E-state index contributed by atoms with van der Waals surface area (Å²) in [6.07, 6.45) is 7.13. The van der Waals surface area contributed by atoms with Crippen molar-refractivity contribution in [1.82, 2.24) is 4.90 Å². The zero-order valence-corrected chi connectivity index (χ0v) is 22.1. The predicted octanol–water partition coefficient (Wildman–Crippen LogP) is 7.00. The van der Waals surface area contributed by atoms with Crippen molar-refractivity contribution in [3.63, 3.8) is 0 Å². The highest BCUT2D eigenvalue weighted by Gasteiger charge is 2.27. The van der Waals surface area contributed by atoms with Gasteiger partial charge < -0.3 is 10.6 Å². The molecule has 0 bridgehead atoms. The van der Waals surface area contributed by atoms with Crippen LogP contribution < -0.4 is 5.73 Å². The molecule has 3 rings (SSSR count). The highest BCUT2D eigenvalue weighted by Crippen LogP contribution is 2.28. The van der Waals surface area contributed by atoms with Crippen molar-refractivity contribution in [2.45, 2.75) is 67.2 Å². The molecular formula is C30H45N3O. The Hall–Kier alpha value is -2.88. The van der Waals surface area contributed by atoms with E-state index in [0.29, 0.717) is 31.3 Å². The number of carbonyl (C=O) groups is 1. The second-order valence-electron chi connectivity index (χ2n) is 9.59. The van der Waals surface area contributed by atoms with E-state index in [-0.39, 0.29) is 13.0 Å². The number of amides is 1. The SMILES string of the molecule is C=C1CC=C(c2ccc(C)c(C)c2)N=C(/C=C(\N)C(=O)N2CCCC(=C)[C@@H](C(C)C)C2)C1.CC.[HH]. The minimum Gasteiger partial charge on any atom is -0.394 e. The van der Waals surface area contributed by atoms with Crippen LogP contribution in [0.15, 0.2) is 65.3 Å². The monoisotopic (exact) mass is 463 g/mol. The van der Waals surface area contributed by atoms with Crippen LogP contribution >= 0.6 is 0 Å². The molecule has 0 aliphatic carbocycles. The third-order valence-electron chi connectivity index (χ3n) is 6.61. The van der Waals surface area contributed by atoms with Crippen LogP contribution in [0.5, 0.6) is 0 Å². The van der Waals surface area contributed by atoms with E-state index in [1.165, 1.54) is 16.7 Å². The lowest BCUT2D eigenvalue weighted by atomic mass is 9.87. The van der Waals surface area contributed by atoms with Gasteiger partial charge in [-0.05, 0) is 68.2 Å². The number of carbonyl (C=O) groups excluding carboxylic acids is 1. The Morgan fingerprint density at radius 2 is 1.94 bits per heavy atom. The summed E-state index contributed by atoms with van der Waals surface area (Å²) in [4.78, 5) is 20.0. The standard InChI is InChI=1S/C28H37N3O.C2H6.H2/c1-18(2)25-17-31(13-7-8-21(25)5)28(32)26(29)16-24-14-19(3)9-12-27(30-24)23-11-10-20(4)22(6)15-23;1-2;/h10-12,15-16,18,25H,3,5,7-9,13-14,17,29H2,1-2,4,6H3;1-2H3;1H/b26-16-;;/t25-;;/m1../s1. The van der Waals surface area contributed by atoms with Crippen molar-refractivity contribution in [3.8, 4) is 0 Å². The average Bonchev–Trinajstić information content (AvgIpc) is 3.11. The maximum absolute atomic E-state index is 13.2. The predicted molar refractivity (Wildman–Crippen MR) is 149 cm³/mol. The van der Waals surface area contributed by atoms with Crippen LogP contribution in [0.3, 0.4) is 0 Å². The molecule has 0 spiro atoms. The van der Waals surface area contributed by atoms with E-state index in [9.17, 15) is 4.79 Å². The Labute approximate surface area is 208 Å². The third-order valence-corrected chi connectivity index (χ3v) is 6.61. The molecular weight excluding hydrogens is 418 g/mol. The first-order valence-electron chi connectivity index (χ1n) is 12.6. The first-order chi connectivity index (χ1) is 16.2. The number of likely N-dealkylation sites (tertiary alicyclic amines) is 1. The number of benzene rings is 1. The van der Waals surface area contributed by atoms with Gasteiger partial charge in [0.1, 0.15) is 0 Å². The molecule has 4 nitrogen and oxygen atoms in total. The van der Waals surface area contributed by atoms with Crippen LogP contribution in [0, 0.1) is 25.7 Å². The first kappa shape index (κ1) is 27.4. The summed E-state index contributed by atoms with van der Waals surface area (Å²) in [6, 6.07) is 6.37. The van der Waals surface area contributed by atoms with E-state index in [0.717, 1.165) is 41.8 Å². The number of aliphatic imine (C=N–C) groups is 1. The molecule has 1 atom stereocenters. The van der Waals surface area contributed by atoms with Gasteiger partial charge in [-0.3, -0.25) is 9.79 Å². The molecule has 1 aromatic carbocycles. The van der Waals surface area contributed by atoms with Crippen LogP contribution in [-0.2, 0) is 4.79 Å². The Bertz CT molecular complexity index is 1020. The smallest absolute Gasteiger partial charge is 0.269 e. The highest BCUT2D eigenvalue weighted by atomic mass is 16.2. The quantitative estimate of drug-likeness (QED) is 0.386. The molecule has 0 radical (unpaired) electrons. The second-order valence-corrected chi connectivity index (χ2v) is 9.59. The topological polar surface area (TPSA) is 58.7 Å². The van der Waals surface area contributed by atoms with Gasteiger partial charge in [0.05, 0.1) is 11.4 Å². The minimum absolute atomic E-state index is 0. The minimum atomic E-state index is -0.111. The summed E-state index contributed by atoms with van der Waals surface area (Å²) in [5.41, 5.74) is 14.1. The normalized spacial score (nSPS) is 19.6. The van der Waals surface area contributed by atoms with Gasteiger partial charge in [0.2, 0.25) is 0 Å². The van der Waals surface area contributed by atoms with E-state index in [1.54, 1.807) is 6.08 Å². The van der Waals surface area contributed by atoms with Crippen molar-refractivity contribution in [2.24, 2.45) is 22.6 Å². The van der Waals surface area contributed by atoms with Crippen LogP contribution in [0.4, 0.5) is 0 Å². The number of allylic oxidation sites excluding steroid dienone is 3. The van der Waals surface area contributed by atoms with Gasteiger partial charge in [0, 0.05) is 32.2 Å². The number of nitrogens with zero attached hydrogens (tertiary/aromatic N) is 2. The lowest BCUT2D eigenvalue weighted by molar-refractivity contribution is -0.127. The number of hydrogen-bond acceptors (Lipinski definition) is 3. The van der Waals surface area contributed by atoms with Crippen molar-refractivity contribution in [1.29, 1.82) is 0 Å². The lowest BCUT2D eigenvalue weighted by Gasteiger charge is -2.27. The molecule has 0 saturated carbocycles. The van der Waals surface area contributed by atoms with Crippen LogP contribution in [0.1, 0.15) is 71.5 Å². The molecule has 2 heterocycles. The molecule has 0 aromatic heterocycles. The molecule has 1 saturated heterocycles. The number of rotatable bonds is 4. The van der Waals surface area contributed by atoms with Gasteiger partial charge >= 0.3 is 0 Å². The zero-order valence-electron chi connectivity index (χ0n) is 22.1. The molecule has 2 N–H and O–H groups in total. The second kappa shape index (κ2) is 12.5. The molecule has 1 amide bonds. The van der Waals surface area contributed by atoms with Crippen molar-refractivity contribution in [2.75, 3.05) is 13.1 Å². The van der Waals surface area contributed by atoms with Crippen LogP contribution in [0.2, 0.25) is 0 Å². The number of aryl methyl sites for hydroxylation is 2. The average molecular weight is 464 g/mol. The van der Waals surface area contributed by atoms with Crippen LogP contribution in [0.25, 0.3) is 5.70 Å². The molecule has 4 heteroatoms. The molecule has 0 unspecified atom stereocenters. The summed E-state index contributed by atoms with van der Waals surface area (Å²) in [6.45, 7) is 22.4. The fourth-order valence-corrected chi connectivity index (χ4v) is 4.41. The Balaban J connectivity index is 0.00000199. The third kappa shape index (κ3) is 7.06. The Morgan fingerprint density at radius 1 is 1.24 bits per heavy atom. The lowest BCUT2D eigenvalue weighted by Crippen LogP contribution is -2.39. The summed E-state index contributed by atoms with van der Waals surface area (Å²) in [7, 11) is 0. The molecule has 2 aliphatic rings. The first-order valence-corrected chi connectivity index (χ1v) is 12.6.